The molecule has 0 fully saturated rings. The molecule has 11 heavy (non-hydrogen) atoms. The predicted molar refractivity (Wildman–Crippen MR) is 40.9 cm³/mol. The molecule has 64 valence electrons. The van der Waals surface area contributed by atoms with Crippen molar-refractivity contribution in [3.05, 3.63) is 0 Å². The third-order valence-corrected chi connectivity index (χ3v) is 1.05. The maximum absolute atomic E-state index is 10.4. The van der Waals surface area contributed by atoms with E-state index in [0.717, 1.165) is 0 Å². The molecule has 0 spiro atoms. The van der Waals surface area contributed by atoms with E-state index in [1.165, 1.54) is 6.92 Å². The zero-order chi connectivity index (χ0) is 8.85. The van der Waals surface area contributed by atoms with Crippen molar-refractivity contribution in [1.29, 1.82) is 0 Å². The molecule has 0 aromatic carbocycles. The van der Waals surface area contributed by atoms with E-state index in [1.54, 1.807) is 6.92 Å². The topological polar surface area (TPSA) is 84.2 Å². The summed E-state index contributed by atoms with van der Waals surface area (Å²) in [5.41, 5.74) is 4.84. The SMILES string of the molecule is CC(=O)NCC(C)NC(N)=O. The van der Waals surface area contributed by atoms with Crippen molar-refractivity contribution in [2.24, 2.45) is 5.73 Å². The number of carbonyl (C=O) groups excluding carboxylic acids is 2. The number of urea groups is 1. The summed E-state index contributed by atoms with van der Waals surface area (Å²) < 4.78 is 0. The molecule has 1 unspecified atom stereocenters. The lowest BCUT2D eigenvalue weighted by Crippen LogP contribution is -2.43. The standard InChI is InChI=1S/C6H13N3O2/c1-4(9-6(7)11)3-8-5(2)10/h4H,3H2,1-2H3,(H,8,10)(H3,7,9,11). The first kappa shape index (κ1) is 9.74. The van der Waals surface area contributed by atoms with Crippen LogP contribution in [0.2, 0.25) is 0 Å². The molecule has 0 bridgehead atoms. The van der Waals surface area contributed by atoms with Crippen molar-refractivity contribution < 1.29 is 9.59 Å². The zero-order valence-corrected chi connectivity index (χ0v) is 6.68. The lowest BCUT2D eigenvalue weighted by Gasteiger charge is -2.11. The molecule has 0 saturated heterocycles. The number of rotatable bonds is 3. The van der Waals surface area contributed by atoms with E-state index in [4.69, 9.17) is 5.73 Å². The third kappa shape index (κ3) is 6.63. The van der Waals surface area contributed by atoms with Gasteiger partial charge in [-0.2, -0.15) is 0 Å². The average molecular weight is 159 g/mol. The minimum absolute atomic E-state index is 0.122. The second-order valence-corrected chi connectivity index (χ2v) is 2.35. The van der Waals surface area contributed by atoms with Gasteiger partial charge >= 0.3 is 6.03 Å². The Balaban J connectivity index is 3.44. The van der Waals surface area contributed by atoms with Gasteiger partial charge in [-0.3, -0.25) is 4.79 Å². The molecular formula is C6H13N3O2. The Labute approximate surface area is 65.3 Å². The van der Waals surface area contributed by atoms with Crippen LogP contribution in [0.5, 0.6) is 0 Å². The van der Waals surface area contributed by atoms with Gasteiger partial charge < -0.3 is 16.4 Å². The van der Waals surface area contributed by atoms with E-state index < -0.39 is 6.03 Å². The quantitative estimate of drug-likeness (QED) is 0.502. The Hall–Kier alpha value is -1.26. The van der Waals surface area contributed by atoms with Crippen LogP contribution in [-0.4, -0.2) is 24.5 Å². The van der Waals surface area contributed by atoms with E-state index in [9.17, 15) is 9.59 Å². The molecule has 0 aromatic rings. The summed E-state index contributed by atoms with van der Waals surface area (Å²) in [6, 6.07) is -0.709. The van der Waals surface area contributed by atoms with E-state index in [2.05, 4.69) is 10.6 Å². The van der Waals surface area contributed by atoms with E-state index in [0.29, 0.717) is 6.54 Å². The molecule has 1 atom stereocenters. The molecule has 0 aliphatic heterocycles. The first-order valence-corrected chi connectivity index (χ1v) is 3.32. The fourth-order valence-electron chi connectivity index (χ4n) is 0.591. The van der Waals surface area contributed by atoms with Crippen molar-refractivity contribution >= 4 is 11.9 Å². The molecule has 0 aliphatic rings. The Morgan fingerprint density at radius 1 is 1.55 bits per heavy atom. The number of nitrogens with one attached hydrogen (secondary N) is 2. The maximum atomic E-state index is 10.4. The van der Waals surface area contributed by atoms with Crippen molar-refractivity contribution in [3.8, 4) is 0 Å². The summed E-state index contributed by atoms with van der Waals surface area (Å²) in [5, 5.41) is 4.96. The number of amides is 3. The number of hydrogen-bond acceptors (Lipinski definition) is 2. The highest BCUT2D eigenvalue weighted by Gasteiger charge is 2.02. The summed E-state index contributed by atoms with van der Waals surface area (Å²) in [6.45, 7) is 3.57. The lowest BCUT2D eigenvalue weighted by atomic mass is 10.3. The van der Waals surface area contributed by atoms with Crippen molar-refractivity contribution in [3.63, 3.8) is 0 Å². The molecule has 5 nitrogen and oxygen atoms in total. The minimum Gasteiger partial charge on any atom is -0.354 e. The van der Waals surface area contributed by atoms with Gasteiger partial charge in [0.1, 0.15) is 0 Å². The Bertz CT molecular complexity index is 158. The summed E-state index contributed by atoms with van der Waals surface area (Å²) >= 11 is 0. The van der Waals surface area contributed by atoms with E-state index >= 15 is 0 Å². The molecule has 3 amide bonds. The monoisotopic (exact) mass is 159 g/mol. The van der Waals surface area contributed by atoms with Crippen molar-refractivity contribution in [2.75, 3.05) is 6.54 Å². The number of primary amides is 1. The minimum atomic E-state index is -0.581. The van der Waals surface area contributed by atoms with Crippen LogP contribution in [0.4, 0.5) is 4.79 Å². The molecule has 5 heteroatoms. The van der Waals surface area contributed by atoms with Crippen LogP contribution in [0.25, 0.3) is 0 Å². The van der Waals surface area contributed by atoms with E-state index in [1.807, 2.05) is 0 Å². The molecular weight excluding hydrogens is 146 g/mol. The van der Waals surface area contributed by atoms with Gasteiger partial charge in [-0.1, -0.05) is 0 Å². The smallest absolute Gasteiger partial charge is 0.312 e. The Morgan fingerprint density at radius 3 is 2.45 bits per heavy atom. The van der Waals surface area contributed by atoms with Crippen LogP contribution in [0.3, 0.4) is 0 Å². The Morgan fingerprint density at radius 2 is 2.09 bits per heavy atom. The normalized spacial score (nSPS) is 11.8. The average Bonchev–Trinajstić information content (AvgIpc) is 1.82. The molecule has 0 radical (unpaired) electrons. The predicted octanol–water partition coefficient (Wildman–Crippen LogP) is -0.821. The molecule has 0 aliphatic carbocycles. The second-order valence-electron chi connectivity index (χ2n) is 2.35. The van der Waals surface area contributed by atoms with E-state index in [-0.39, 0.29) is 11.9 Å². The van der Waals surface area contributed by atoms with Crippen LogP contribution >= 0.6 is 0 Å². The second kappa shape index (κ2) is 4.54. The van der Waals surface area contributed by atoms with Crippen LogP contribution < -0.4 is 16.4 Å². The van der Waals surface area contributed by atoms with Crippen LogP contribution in [0, 0.1) is 0 Å². The maximum Gasteiger partial charge on any atom is 0.312 e. The number of hydrogen-bond donors (Lipinski definition) is 3. The molecule has 0 rings (SSSR count). The van der Waals surface area contributed by atoms with Gasteiger partial charge in [0, 0.05) is 19.5 Å². The molecule has 0 heterocycles. The van der Waals surface area contributed by atoms with Gasteiger partial charge in [0.2, 0.25) is 5.91 Å². The largest absolute Gasteiger partial charge is 0.354 e. The molecule has 4 N–H and O–H groups in total. The number of carbonyl (C=O) groups is 2. The molecule has 0 saturated carbocycles. The van der Waals surface area contributed by atoms with Gasteiger partial charge in [0.05, 0.1) is 0 Å². The van der Waals surface area contributed by atoms with Gasteiger partial charge in [0.25, 0.3) is 0 Å². The lowest BCUT2D eigenvalue weighted by molar-refractivity contribution is -0.119. The zero-order valence-electron chi connectivity index (χ0n) is 6.68. The third-order valence-electron chi connectivity index (χ3n) is 1.05. The van der Waals surface area contributed by atoms with Gasteiger partial charge in [-0.25, -0.2) is 4.79 Å². The van der Waals surface area contributed by atoms with Crippen LogP contribution in [0.15, 0.2) is 0 Å². The molecule has 0 aromatic heterocycles. The summed E-state index contributed by atoms with van der Waals surface area (Å²) in [7, 11) is 0. The summed E-state index contributed by atoms with van der Waals surface area (Å²) in [4.78, 5) is 20.6. The van der Waals surface area contributed by atoms with Crippen LogP contribution in [-0.2, 0) is 4.79 Å². The first-order valence-electron chi connectivity index (χ1n) is 3.32. The van der Waals surface area contributed by atoms with Crippen molar-refractivity contribution in [1.82, 2.24) is 10.6 Å². The fourth-order valence-corrected chi connectivity index (χ4v) is 0.591. The highest BCUT2D eigenvalue weighted by molar-refractivity contribution is 5.73. The van der Waals surface area contributed by atoms with Gasteiger partial charge in [-0.15, -0.1) is 0 Å². The summed E-state index contributed by atoms with van der Waals surface area (Å²) in [6.07, 6.45) is 0. The highest BCUT2D eigenvalue weighted by atomic mass is 16.2. The number of nitrogens with two attached hydrogens (primary N) is 1. The van der Waals surface area contributed by atoms with Crippen molar-refractivity contribution in [2.45, 2.75) is 19.9 Å². The fraction of sp³-hybridized carbons (Fsp3) is 0.667. The Kier molecular flexibility index (Phi) is 4.02. The first-order chi connectivity index (χ1) is 5.02. The van der Waals surface area contributed by atoms with Crippen LogP contribution in [0.1, 0.15) is 13.8 Å². The van der Waals surface area contributed by atoms with Gasteiger partial charge in [-0.05, 0) is 6.92 Å². The highest BCUT2D eigenvalue weighted by Crippen LogP contribution is 1.76. The van der Waals surface area contributed by atoms with Gasteiger partial charge in [0.15, 0.2) is 0 Å². The summed E-state index contributed by atoms with van der Waals surface area (Å²) in [5.74, 6) is -0.122.